The monoisotopic (exact) mass is 502 g/mol. The number of hydrogen-bond acceptors (Lipinski definition) is 3. The summed E-state index contributed by atoms with van der Waals surface area (Å²) in [7, 11) is 0. The molecule has 0 spiro atoms. The highest BCUT2D eigenvalue weighted by atomic mass is 35.5. The van der Waals surface area contributed by atoms with E-state index >= 15 is 0 Å². The Bertz CT molecular complexity index is 1160. The summed E-state index contributed by atoms with van der Waals surface area (Å²) in [4.78, 5) is 16.8. The number of nitrogens with one attached hydrogen (secondary N) is 1. The molecular formula is C27H26ClF3N2O2. The topological polar surface area (TPSA) is 51.2 Å². The minimum absolute atomic E-state index is 0.0749. The Balaban J connectivity index is 1.75. The Kier molecular flexibility index (Phi) is 8.26. The van der Waals surface area contributed by atoms with E-state index in [0.29, 0.717) is 17.6 Å². The molecule has 4 nitrogen and oxygen atoms in total. The van der Waals surface area contributed by atoms with Crippen LogP contribution in [0.2, 0.25) is 5.02 Å². The molecule has 2 atom stereocenters. The molecule has 1 aliphatic rings. The predicted molar refractivity (Wildman–Crippen MR) is 130 cm³/mol. The molecule has 2 unspecified atom stereocenters. The molecule has 1 aromatic carbocycles. The van der Waals surface area contributed by atoms with Gasteiger partial charge in [-0.2, -0.15) is 13.2 Å². The minimum atomic E-state index is -4.50. The summed E-state index contributed by atoms with van der Waals surface area (Å²) in [5.41, 5.74) is 2.84. The second kappa shape index (κ2) is 11.0. The number of rotatable bonds is 8. The summed E-state index contributed by atoms with van der Waals surface area (Å²) >= 11 is 6.03. The van der Waals surface area contributed by atoms with Gasteiger partial charge in [0.05, 0.1) is 5.56 Å². The average molecular weight is 503 g/mol. The van der Waals surface area contributed by atoms with Crippen LogP contribution < -0.4 is 10.1 Å². The van der Waals surface area contributed by atoms with Crippen molar-refractivity contribution in [3.8, 4) is 5.88 Å². The lowest BCUT2D eigenvalue weighted by Gasteiger charge is -2.31. The molecule has 1 N–H and O–H groups in total. The van der Waals surface area contributed by atoms with Crippen LogP contribution >= 0.6 is 11.6 Å². The summed E-state index contributed by atoms with van der Waals surface area (Å²) in [5.74, 6) is -0.574. The maximum Gasteiger partial charge on any atom is 0.417 e. The molecule has 0 saturated carbocycles. The third-order valence-corrected chi connectivity index (χ3v) is 5.83. The molecule has 2 aromatic rings. The lowest BCUT2D eigenvalue weighted by Crippen LogP contribution is -2.51. The van der Waals surface area contributed by atoms with Crippen LogP contribution in [0.25, 0.3) is 0 Å². The second-order valence-corrected chi connectivity index (χ2v) is 9.16. The second-order valence-electron chi connectivity index (χ2n) is 8.72. The number of benzene rings is 1. The van der Waals surface area contributed by atoms with Gasteiger partial charge in [0.2, 0.25) is 5.88 Å². The number of halogens is 4. The molecule has 1 aromatic heterocycles. The van der Waals surface area contributed by atoms with E-state index in [1.54, 1.807) is 19.9 Å². The van der Waals surface area contributed by atoms with Gasteiger partial charge in [-0.15, -0.1) is 5.73 Å². The highest BCUT2D eigenvalue weighted by molar-refractivity contribution is 6.30. The van der Waals surface area contributed by atoms with Crippen LogP contribution in [0.15, 0.2) is 84.3 Å². The number of pyridine rings is 1. The molecule has 35 heavy (non-hydrogen) atoms. The fourth-order valence-electron chi connectivity index (χ4n) is 3.57. The van der Waals surface area contributed by atoms with Crippen molar-refractivity contribution in [2.45, 2.75) is 45.0 Å². The van der Waals surface area contributed by atoms with Crippen molar-refractivity contribution in [2.75, 3.05) is 0 Å². The van der Waals surface area contributed by atoms with Gasteiger partial charge in [-0.25, -0.2) is 4.98 Å². The summed E-state index contributed by atoms with van der Waals surface area (Å²) in [6, 6.07) is 9.21. The van der Waals surface area contributed by atoms with Crippen LogP contribution in [-0.2, 0) is 17.4 Å². The Hall–Kier alpha value is -3.28. The van der Waals surface area contributed by atoms with Crippen LogP contribution in [0.3, 0.4) is 0 Å². The summed E-state index contributed by atoms with van der Waals surface area (Å²) in [6.45, 7) is 4.99. The van der Waals surface area contributed by atoms with Crippen LogP contribution in [0, 0.1) is 5.92 Å². The molecular weight excluding hydrogens is 477 g/mol. The van der Waals surface area contributed by atoms with E-state index in [2.05, 4.69) is 16.0 Å². The third-order valence-electron chi connectivity index (χ3n) is 5.58. The predicted octanol–water partition coefficient (Wildman–Crippen LogP) is 6.48. The maximum atomic E-state index is 13.1. The molecule has 0 saturated heterocycles. The standard InChI is InChI=1S/C27H26ClF3N2O2/c1-18(23(20-8-6-4-5-7-9-20)16-19-10-13-22(28)14-11-19)33-25(34)26(2,3)35-24-15-12-21(17-32-24)27(29,30)31/h4,6-15,17-18,23H,16H2,1-3H3,(H,33,34). The number of amides is 1. The molecule has 1 aliphatic carbocycles. The fourth-order valence-corrected chi connectivity index (χ4v) is 3.70. The number of allylic oxidation sites excluding steroid dienone is 4. The molecule has 0 radical (unpaired) electrons. The van der Waals surface area contributed by atoms with E-state index in [-0.39, 0.29) is 17.8 Å². The van der Waals surface area contributed by atoms with Crippen molar-refractivity contribution in [1.29, 1.82) is 0 Å². The van der Waals surface area contributed by atoms with Crippen molar-refractivity contribution in [1.82, 2.24) is 10.3 Å². The van der Waals surface area contributed by atoms with Gasteiger partial charge in [-0.1, -0.05) is 42.0 Å². The molecule has 1 amide bonds. The van der Waals surface area contributed by atoms with Gasteiger partial charge < -0.3 is 10.1 Å². The molecule has 1 heterocycles. The molecule has 3 rings (SSSR count). The first-order valence-corrected chi connectivity index (χ1v) is 11.4. The van der Waals surface area contributed by atoms with Gasteiger partial charge in [-0.3, -0.25) is 4.79 Å². The lowest BCUT2D eigenvalue weighted by atomic mass is 9.85. The first kappa shape index (κ1) is 26.3. The van der Waals surface area contributed by atoms with E-state index < -0.39 is 23.2 Å². The zero-order valence-electron chi connectivity index (χ0n) is 19.6. The zero-order valence-corrected chi connectivity index (χ0v) is 20.3. The minimum Gasteiger partial charge on any atom is -0.462 e. The fraction of sp³-hybridized carbons (Fsp3) is 0.296. The van der Waals surface area contributed by atoms with E-state index in [9.17, 15) is 18.0 Å². The van der Waals surface area contributed by atoms with Gasteiger partial charge in [0.15, 0.2) is 5.60 Å². The SMILES string of the molecule is CC(NC(=O)C(C)(C)Oc1ccc(C(F)(F)F)cn1)C(Cc1ccc(Cl)cc1)C1=CC=C=CC=C1. The first-order chi connectivity index (χ1) is 16.5. The Labute approximate surface area is 207 Å². The van der Waals surface area contributed by atoms with Crippen LogP contribution in [-0.4, -0.2) is 22.5 Å². The first-order valence-electron chi connectivity index (χ1n) is 11.0. The van der Waals surface area contributed by atoms with Crippen LogP contribution in [0.4, 0.5) is 13.2 Å². The van der Waals surface area contributed by atoms with Crippen molar-refractivity contribution in [3.05, 3.63) is 100 Å². The van der Waals surface area contributed by atoms with E-state index in [1.807, 2.05) is 55.5 Å². The summed E-state index contributed by atoms with van der Waals surface area (Å²) in [5, 5.41) is 3.65. The number of carbonyl (C=O) groups is 1. The van der Waals surface area contributed by atoms with Crippen molar-refractivity contribution in [2.24, 2.45) is 5.92 Å². The Morgan fingerprint density at radius 2 is 1.86 bits per heavy atom. The van der Waals surface area contributed by atoms with Gasteiger partial charge in [-0.05, 0) is 68.7 Å². The summed E-state index contributed by atoms with van der Waals surface area (Å²) in [6.07, 6.45) is 6.28. The molecule has 0 fully saturated rings. The quantitative estimate of drug-likeness (QED) is 0.420. The van der Waals surface area contributed by atoms with Crippen molar-refractivity contribution in [3.63, 3.8) is 0 Å². The number of hydrogen-bond donors (Lipinski definition) is 1. The summed E-state index contributed by atoms with van der Waals surface area (Å²) < 4.78 is 44.0. The zero-order chi connectivity index (χ0) is 25.6. The highest BCUT2D eigenvalue weighted by Gasteiger charge is 2.34. The van der Waals surface area contributed by atoms with Gasteiger partial charge in [0.25, 0.3) is 5.91 Å². The number of carbonyl (C=O) groups excluding carboxylic acids is 1. The lowest BCUT2D eigenvalue weighted by molar-refractivity contribution is -0.138. The smallest absolute Gasteiger partial charge is 0.417 e. The largest absolute Gasteiger partial charge is 0.462 e. The molecule has 184 valence electrons. The van der Waals surface area contributed by atoms with Crippen LogP contribution in [0.5, 0.6) is 5.88 Å². The van der Waals surface area contributed by atoms with Crippen molar-refractivity contribution >= 4 is 17.5 Å². The average Bonchev–Trinajstić information content (AvgIpc) is 3.07. The number of ether oxygens (including phenoxy) is 1. The van der Waals surface area contributed by atoms with Gasteiger partial charge in [0, 0.05) is 29.2 Å². The van der Waals surface area contributed by atoms with E-state index in [1.165, 1.54) is 0 Å². The molecule has 0 aliphatic heterocycles. The highest BCUT2D eigenvalue weighted by Crippen LogP contribution is 2.30. The number of aromatic nitrogens is 1. The Morgan fingerprint density at radius 1 is 1.14 bits per heavy atom. The molecule has 8 heteroatoms. The normalized spacial score (nSPS) is 15.2. The number of alkyl halides is 3. The maximum absolute atomic E-state index is 13.1. The number of nitrogens with zero attached hydrogens (tertiary/aromatic N) is 1. The Morgan fingerprint density at radius 3 is 2.49 bits per heavy atom. The van der Waals surface area contributed by atoms with Crippen molar-refractivity contribution < 1.29 is 22.7 Å². The van der Waals surface area contributed by atoms with Gasteiger partial charge in [0.1, 0.15) is 0 Å². The van der Waals surface area contributed by atoms with Gasteiger partial charge >= 0.3 is 6.18 Å². The van der Waals surface area contributed by atoms with E-state index in [0.717, 1.165) is 23.3 Å². The molecule has 0 bridgehead atoms. The van der Waals surface area contributed by atoms with E-state index in [4.69, 9.17) is 16.3 Å². The van der Waals surface area contributed by atoms with Crippen LogP contribution in [0.1, 0.15) is 31.9 Å². The third kappa shape index (κ3) is 7.35.